The summed E-state index contributed by atoms with van der Waals surface area (Å²) in [5, 5.41) is 55.3. The Hall–Kier alpha value is -2.68. The fraction of sp³-hybridized carbons (Fsp3) is 0.843. The summed E-state index contributed by atoms with van der Waals surface area (Å²) in [6, 6.07) is 7.88. The summed E-state index contributed by atoms with van der Waals surface area (Å²) in [5.74, 6) is -2.33. The lowest BCUT2D eigenvalue weighted by Gasteiger charge is -2.53. The van der Waals surface area contributed by atoms with E-state index in [1.807, 2.05) is 71.9 Å². The summed E-state index contributed by atoms with van der Waals surface area (Å²) in [4.78, 5) is 32.0. The SMILES string of the molecule is CCCNC[C@]1(O)[C@H](C)O[C@@H](O[C@H]2[C@H](C)[C@@H](O[C@@H]3O[C@H](C)C[C@H](N(C)C(=O)N(C)CCC)[C@H]3Oc3ccccc3)[C@](C)(O)C[C@@H](C)CN[C@H](C)[C@@H](O)[C@](C)(O)[C@@H](CC)OC(=O)[C@@H]2C)C[C@@]1(C)OC. The second-order valence-electron chi connectivity index (χ2n) is 20.9. The molecule has 0 saturated carbocycles. The molecule has 3 aliphatic heterocycles. The number of cyclic esters (lactones) is 1. The van der Waals surface area contributed by atoms with E-state index in [9.17, 15) is 30.0 Å². The summed E-state index contributed by atoms with van der Waals surface area (Å²) in [6.45, 7) is 23.5. The number of methoxy groups -OCH3 is 1. The summed E-state index contributed by atoms with van der Waals surface area (Å²) in [7, 11) is 5.06. The summed E-state index contributed by atoms with van der Waals surface area (Å²) in [6.07, 6.45) is -6.51. The Morgan fingerprint density at radius 3 is 2.19 bits per heavy atom. The monoisotopic (exact) mass is 967 g/mol. The van der Waals surface area contributed by atoms with Crippen LogP contribution < -0.4 is 15.4 Å². The van der Waals surface area contributed by atoms with Gasteiger partial charge in [-0.1, -0.05) is 52.8 Å². The summed E-state index contributed by atoms with van der Waals surface area (Å²) in [5.41, 5.74) is -6.15. The number of likely N-dealkylation sites (N-methyl/N-ethyl adjacent to an activating group) is 1. The summed E-state index contributed by atoms with van der Waals surface area (Å²) >= 11 is 0. The molecule has 0 bridgehead atoms. The molecule has 0 spiro atoms. The van der Waals surface area contributed by atoms with Crippen LogP contribution in [0.1, 0.15) is 122 Å². The maximum atomic E-state index is 14.7. The van der Waals surface area contributed by atoms with Gasteiger partial charge in [0.05, 0.1) is 42.0 Å². The van der Waals surface area contributed by atoms with E-state index in [-0.39, 0.29) is 37.8 Å². The molecule has 68 heavy (non-hydrogen) atoms. The van der Waals surface area contributed by atoms with E-state index in [0.29, 0.717) is 31.8 Å². The van der Waals surface area contributed by atoms with E-state index in [1.165, 1.54) is 14.0 Å². The van der Waals surface area contributed by atoms with Gasteiger partial charge in [-0.25, -0.2) is 4.79 Å². The third-order valence-corrected chi connectivity index (χ3v) is 15.0. The van der Waals surface area contributed by atoms with Gasteiger partial charge >= 0.3 is 12.0 Å². The Morgan fingerprint density at radius 1 is 0.926 bits per heavy atom. The molecule has 0 aliphatic carbocycles. The smallest absolute Gasteiger partial charge is 0.319 e. The van der Waals surface area contributed by atoms with E-state index < -0.39 is 108 Å². The highest BCUT2D eigenvalue weighted by molar-refractivity contribution is 5.74. The Labute approximate surface area is 407 Å². The second kappa shape index (κ2) is 24.6. The molecule has 18 atom stereocenters. The predicted octanol–water partition coefficient (Wildman–Crippen LogP) is 4.85. The Morgan fingerprint density at radius 2 is 1.59 bits per heavy atom. The minimum Gasteiger partial charge on any atom is -0.483 e. The molecule has 2 amide bonds. The Balaban J connectivity index is 1.89. The number of amides is 2. The van der Waals surface area contributed by atoms with Crippen molar-refractivity contribution in [3.8, 4) is 5.75 Å². The van der Waals surface area contributed by atoms with E-state index in [1.54, 1.807) is 58.5 Å². The van der Waals surface area contributed by atoms with Crippen LogP contribution in [0.4, 0.5) is 4.79 Å². The quantitative estimate of drug-likeness (QED) is 0.103. The average molecular weight is 967 g/mol. The lowest BCUT2D eigenvalue weighted by molar-refractivity contribution is -0.335. The van der Waals surface area contributed by atoms with Crippen LogP contribution in [-0.2, 0) is 33.2 Å². The number of carbonyl (C=O) groups excluding carboxylic acids is 2. The zero-order valence-corrected chi connectivity index (χ0v) is 43.9. The Kier molecular flexibility index (Phi) is 21.0. The van der Waals surface area contributed by atoms with Crippen LogP contribution in [0, 0.1) is 17.8 Å². The topological polar surface area (TPSA) is 210 Å². The van der Waals surface area contributed by atoms with Crippen LogP contribution in [0.25, 0.3) is 0 Å². The number of benzene rings is 1. The number of nitrogens with one attached hydrogen (secondary N) is 2. The zero-order valence-electron chi connectivity index (χ0n) is 43.9. The lowest BCUT2D eigenvalue weighted by atomic mass is 9.75. The van der Waals surface area contributed by atoms with Crippen molar-refractivity contribution < 1.29 is 63.2 Å². The van der Waals surface area contributed by atoms with E-state index in [2.05, 4.69) is 10.6 Å². The maximum absolute atomic E-state index is 14.7. The molecular weight excluding hydrogens is 877 g/mol. The number of carbonyl (C=O) groups is 2. The number of nitrogens with zero attached hydrogens (tertiary/aromatic N) is 2. The normalized spacial score (nSPS) is 41.2. The second-order valence-corrected chi connectivity index (χ2v) is 20.9. The fourth-order valence-corrected chi connectivity index (χ4v) is 10.7. The number of hydrogen-bond donors (Lipinski definition) is 6. The van der Waals surface area contributed by atoms with Crippen molar-refractivity contribution >= 4 is 12.0 Å². The molecule has 17 nitrogen and oxygen atoms in total. The number of aliphatic hydroxyl groups excluding tert-OH is 1. The molecule has 3 fully saturated rings. The number of urea groups is 1. The first-order chi connectivity index (χ1) is 31.8. The van der Waals surface area contributed by atoms with Crippen molar-refractivity contribution in [2.45, 2.75) is 211 Å². The lowest BCUT2D eigenvalue weighted by Crippen LogP contribution is -2.70. The average Bonchev–Trinajstić information content (AvgIpc) is 3.29. The fourth-order valence-electron chi connectivity index (χ4n) is 10.7. The van der Waals surface area contributed by atoms with Crippen LogP contribution in [0.15, 0.2) is 30.3 Å². The number of esters is 1. The molecule has 4 rings (SSSR count). The van der Waals surface area contributed by atoms with Gasteiger partial charge in [-0.05, 0) is 112 Å². The highest BCUT2D eigenvalue weighted by Crippen LogP contribution is 2.43. The van der Waals surface area contributed by atoms with Crippen molar-refractivity contribution in [2.24, 2.45) is 17.8 Å². The molecule has 0 aromatic heterocycles. The van der Waals surface area contributed by atoms with Crippen LogP contribution in [0.2, 0.25) is 0 Å². The van der Waals surface area contributed by atoms with E-state index in [0.717, 1.165) is 12.8 Å². The largest absolute Gasteiger partial charge is 0.483 e. The highest BCUT2D eigenvalue weighted by atomic mass is 16.7. The standard InChI is InChI=1S/C51H90N4O13/c1-16-24-52-30-51(61)36(9)64-40(28-49(51,11)62-15)67-41-33(6)44(48(10,59)27-31(4)29-53-35(8)43(56)50(12,60)39(18-3)66-45(57)34(41)7)68-46-42(65-37-22-20-19-21-23-37)38(26-32(5)63-46)55(14)47(58)54(13)25-17-2/h19-23,31-36,38-44,46,52-53,56,59-61H,16-18,24-30H2,1-15H3/t31-,32-,33+,34-,35-,36+,38+,39-,40+,41+,42-,43-,44-,46+,48-,49-,50-,51+/m1/s1. The number of rotatable bonds is 15. The van der Waals surface area contributed by atoms with Gasteiger partial charge in [0, 0.05) is 52.7 Å². The molecule has 0 unspecified atom stereocenters. The molecular formula is C51H90N4O13. The van der Waals surface area contributed by atoms with Gasteiger partial charge in [0.25, 0.3) is 0 Å². The van der Waals surface area contributed by atoms with Gasteiger partial charge in [-0.2, -0.15) is 0 Å². The van der Waals surface area contributed by atoms with Gasteiger partial charge in [0.15, 0.2) is 18.7 Å². The molecule has 3 saturated heterocycles. The molecule has 17 heteroatoms. The molecule has 0 radical (unpaired) electrons. The highest BCUT2D eigenvalue weighted by Gasteiger charge is 2.58. The van der Waals surface area contributed by atoms with Crippen molar-refractivity contribution in [3.63, 3.8) is 0 Å². The van der Waals surface area contributed by atoms with Gasteiger partial charge in [0.2, 0.25) is 0 Å². The van der Waals surface area contributed by atoms with Crippen molar-refractivity contribution in [1.29, 1.82) is 0 Å². The molecule has 392 valence electrons. The van der Waals surface area contributed by atoms with Crippen LogP contribution in [-0.4, -0.2) is 179 Å². The molecule has 1 aromatic carbocycles. The first kappa shape index (κ1) is 57.9. The van der Waals surface area contributed by atoms with Gasteiger partial charge in [-0.3, -0.25) is 4.79 Å². The van der Waals surface area contributed by atoms with Crippen molar-refractivity contribution in [1.82, 2.24) is 20.4 Å². The number of hydrogen-bond acceptors (Lipinski definition) is 15. The summed E-state index contributed by atoms with van der Waals surface area (Å²) < 4.78 is 46.4. The Bertz CT molecular complexity index is 1710. The van der Waals surface area contributed by atoms with Crippen molar-refractivity contribution in [2.75, 3.05) is 47.4 Å². The minimum atomic E-state index is -1.85. The van der Waals surface area contributed by atoms with Gasteiger partial charge < -0.3 is 74.0 Å². The van der Waals surface area contributed by atoms with Crippen LogP contribution in [0.3, 0.4) is 0 Å². The zero-order chi connectivity index (χ0) is 50.9. The third kappa shape index (κ3) is 13.4. The third-order valence-electron chi connectivity index (χ3n) is 15.0. The number of ether oxygens (including phenoxy) is 7. The number of para-hydroxylation sites is 1. The minimum absolute atomic E-state index is 0.0644. The number of aliphatic hydroxyl groups is 4. The van der Waals surface area contributed by atoms with E-state index in [4.69, 9.17) is 33.2 Å². The predicted molar refractivity (Wildman–Crippen MR) is 259 cm³/mol. The van der Waals surface area contributed by atoms with Crippen LogP contribution in [0.5, 0.6) is 5.75 Å². The first-order valence-corrected chi connectivity index (χ1v) is 25.2. The van der Waals surface area contributed by atoms with Crippen LogP contribution >= 0.6 is 0 Å². The first-order valence-electron chi connectivity index (χ1n) is 25.2. The molecule has 1 aromatic rings. The van der Waals surface area contributed by atoms with Crippen molar-refractivity contribution in [3.05, 3.63) is 30.3 Å². The molecule has 3 heterocycles. The maximum Gasteiger partial charge on any atom is 0.319 e. The molecule has 6 N–H and O–H groups in total. The van der Waals surface area contributed by atoms with E-state index >= 15 is 0 Å². The molecule has 3 aliphatic rings. The van der Waals surface area contributed by atoms with Gasteiger partial charge in [0.1, 0.15) is 34.8 Å². The van der Waals surface area contributed by atoms with Gasteiger partial charge in [-0.15, -0.1) is 0 Å².